The lowest BCUT2D eigenvalue weighted by Gasteiger charge is -2.07. The molecule has 3 aromatic rings. The Morgan fingerprint density at radius 1 is 1.25 bits per heavy atom. The van der Waals surface area contributed by atoms with E-state index in [0.29, 0.717) is 17.9 Å². The van der Waals surface area contributed by atoms with Gasteiger partial charge in [-0.1, -0.05) is 22.0 Å². The molecule has 0 saturated heterocycles. The monoisotopic (exact) mass is 402 g/mol. The van der Waals surface area contributed by atoms with E-state index in [-0.39, 0.29) is 5.91 Å². The van der Waals surface area contributed by atoms with Crippen LogP contribution in [0.3, 0.4) is 0 Å². The lowest BCUT2D eigenvalue weighted by atomic mass is 10.2. The molecule has 1 N–H and O–H groups in total. The van der Waals surface area contributed by atoms with Gasteiger partial charge in [0.15, 0.2) is 0 Å². The molecule has 0 aliphatic carbocycles. The van der Waals surface area contributed by atoms with Crippen LogP contribution < -0.4 is 10.1 Å². The predicted octanol–water partition coefficient (Wildman–Crippen LogP) is 5.05. The van der Waals surface area contributed by atoms with Gasteiger partial charge in [-0.05, 0) is 49.4 Å². The van der Waals surface area contributed by atoms with Crippen LogP contribution >= 0.6 is 27.3 Å². The molecule has 0 fully saturated rings. The average Bonchev–Trinajstić information content (AvgIpc) is 2.99. The number of ether oxygens (including phenoxy) is 1. The summed E-state index contributed by atoms with van der Waals surface area (Å²) in [5.41, 5.74) is 2.32. The van der Waals surface area contributed by atoms with Crippen LogP contribution in [0.4, 0.5) is 5.69 Å². The second kappa shape index (κ2) is 7.59. The first-order chi connectivity index (χ1) is 11.6. The maximum atomic E-state index is 12.2. The van der Waals surface area contributed by atoms with Gasteiger partial charge >= 0.3 is 0 Å². The fourth-order valence-electron chi connectivity index (χ4n) is 2.09. The number of aryl methyl sites for hydroxylation is 1. The van der Waals surface area contributed by atoms with Crippen molar-refractivity contribution < 1.29 is 9.53 Å². The maximum Gasteiger partial charge on any atom is 0.255 e. The smallest absolute Gasteiger partial charge is 0.255 e. The van der Waals surface area contributed by atoms with Gasteiger partial charge in [0.05, 0.1) is 0 Å². The Balaban J connectivity index is 1.60. The van der Waals surface area contributed by atoms with E-state index in [1.165, 1.54) is 0 Å². The molecule has 0 spiro atoms. The highest BCUT2D eigenvalue weighted by atomic mass is 79.9. The van der Waals surface area contributed by atoms with Crippen molar-refractivity contribution in [3.8, 4) is 5.75 Å². The summed E-state index contributed by atoms with van der Waals surface area (Å²) in [7, 11) is 0. The van der Waals surface area contributed by atoms with Crippen LogP contribution in [0.1, 0.15) is 21.1 Å². The molecule has 0 atom stereocenters. The molecule has 0 aliphatic rings. The lowest BCUT2D eigenvalue weighted by Crippen LogP contribution is -2.11. The van der Waals surface area contributed by atoms with Gasteiger partial charge in [-0.25, -0.2) is 4.98 Å². The van der Waals surface area contributed by atoms with Crippen LogP contribution in [0.2, 0.25) is 0 Å². The van der Waals surface area contributed by atoms with Crippen LogP contribution in [0.25, 0.3) is 0 Å². The van der Waals surface area contributed by atoms with Gasteiger partial charge in [-0.15, -0.1) is 11.3 Å². The number of nitrogens with zero attached hydrogens (tertiary/aromatic N) is 1. The summed E-state index contributed by atoms with van der Waals surface area (Å²) in [5.74, 6) is 0.553. The number of hydrogen-bond acceptors (Lipinski definition) is 4. The molecular weight excluding hydrogens is 388 g/mol. The number of hydrogen-bond donors (Lipinski definition) is 1. The van der Waals surface area contributed by atoms with Gasteiger partial charge in [0.25, 0.3) is 5.91 Å². The van der Waals surface area contributed by atoms with Crippen molar-refractivity contribution in [2.24, 2.45) is 0 Å². The second-order valence-electron chi connectivity index (χ2n) is 5.16. The Kier molecular flexibility index (Phi) is 5.27. The molecule has 3 rings (SSSR count). The molecule has 122 valence electrons. The van der Waals surface area contributed by atoms with E-state index in [0.717, 1.165) is 20.9 Å². The van der Waals surface area contributed by atoms with Gasteiger partial charge in [-0.2, -0.15) is 0 Å². The minimum atomic E-state index is -0.157. The Morgan fingerprint density at radius 3 is 2.71 bits per heavy atom. The first-order valence-electron chi connectivity index (χ1n) is 7.31. The highest BCUT2D eigenvalue weighted by molar-refractivity contribution is 9.10. The molecule has 1 aromatic heterocycles. The van der Waals surface area contributed by atoms with E-state index >= 15 is 0 Å². The molecule has 1 amide bonds. The third-order valence-electron chi connectivity index (χ3n) is 3.23. The predicted molar refractivity (Wildman–Crippen MR) is 99.7 cm³/mol. The zero-order valence-corrected chi connectivity index (χ0v) is 15.4. The van der Waals surface area contributed by atoms with Crippen molar-refractivity contribution in [1.29, 1.82) is 0 Å². The van der Waals surface area contributed by atoms with Gasteiger partial charge < -0.3 is 10.1 Å². The van der Waals surface area contributed by atoms with E-state index < -0.39 is 0 Å². The van der Waals surface area contributed by atoms with Crippen LogP contribution in [-0.2, 0) is 6.61 Å². The number of aromatic nitrogens is 1. The number of rotatable bonds is 5. The molecule has 0 unspecified atom stereocenters. The summed E-state index contributed by atoms with van der Waals surface area (Å²) in [4.78, 5) is 16.6. The van der Waals surface area contributed by atoms with E-state index in [2.05, 4.69) is 26.2 Å². The summed E-state index contributed by atoms with van der Waals surface area (Å²) in [6, 6.07) is 14.5. The van der Waals surface area contributed by atoms with E-state index in [4.69, 9.17) is 4.74 Å². The molecule has 0 radical (unpaired) electrons. The Bertz CT molecular complexity index is 846. The number of amides is 1. The fourth-order valence-corrected chi connectivity index (χ4v) is 3.17. The minimum absolute atomic E-state index is 0.157. The summed E-state index contributed by atoms with van der Waals surface area (Å²) in [5, 5.41) is 5.79. The molecule has 6 heteroatoms. The van der Waals surface area contributed by atoms with Crippen molar-refractivity contribution in [2.75, 3.05) is 5.32 Å². The molecule has 0 saturated carbocycles. The third-order valence-corrected chi connectivity index (χ3v) is 4.66. The largest absolute Gasteiger partial charge is 0.486 e. The Labute approximate surface area is 152 Å². The number of nitrogens with one attached hydrogen (secondary N) is 1. The minimum Gasteiger partial charge on any atom is -0.486 e. The average molecular weight is 403 g/mol. The quantitative estimate of drug-likeness (QED) is 0.649. The van der Waals surface area contributed by atoms with Crippen LogP contribution in [0.15, 0.2) is 58.4 Å². The molecule has 0 aliphatic heterocycles. The standard InChI is InChI=1S/C18H15BrN2O2S/c1-12-11-24-17(20-12)10-23-16-7-5-13(6-8-16)18(22)21-15-4-2-3-14(19)9-15/h2-9,11H,10H2,1H3,(H,21,22). The van der Waals surface area contributed by atoms with Crippen molar-refractivity contribution in [3.05, 3.63) is 74.6 Å². The molecule has 0 bridgehead atoms. The van der Waals surface area contributed by atoms with Crippen molar-refractivity contribution in [3.63, 3.8) is 0 Å². The number of thiazole rings is 1. The van der Waals surface area contributed by atoms with Crippen LogP contribution in [0, 0.1) is 6.92 Å². The van der Waals surface area contributed by atoms with Crippen molar-refractivity contribution in [2.45, 2.75) is 13.5 Å². The summed E-state index contributed by atoms with van der Waals surface area (Å²) in [6.07, 6.45) is 0. The van der Waals surface area contributed by atoms with Crippen LogP contribution in [-0.4, -0.2) is 10.9 Å². The normalized spacial score (nSPS) is 10.4. The van der Waals surface area contributed by atoms with E-state index in [1.54, 1.807) is 35.6 Å². The number of halogens is 1. The molecule has 2 aromatic carbocycles. The maximum absolute atomic E-state index is 12.2. The van der Waals surface area contributed by atoms with Crippen molar-refractivity contribution >= 4 is 38.9 Å². The number of anilines is 1. The second-order valence-corrected chi connectivity index (χ2v) is 7.02. The number of carbonyl (C=O) groups is 1. The highest BCUT2D eigenvalue weighted by Gasteiger charge is 2.07. The van der Waals surface area contributed by atoms with E-state index in [1.807, 2.05) is 36.6 Å². The molecule has 1 heterocycles. The first-order valence-corrected chi connectivity index (χ1v) is 8.98. The SMILES string of the molecule is Cc1csc(COc2ccc(C(=O)Nc3cccc(Br)c3)cc2)n1. The molecule has 24 heavy (non-hydrogen) atoms. The summed E-state index contributed by atoms with van der Waals surface area (Å²) < 4.78 is 6.60. The Morgan fingerprint density at radius 2 is 2.04 bits per heavy atom. The highest BCUT2D eigenvalue weighted by Crippen LogP contribution is 2.19. The number of carbonyl (C=O) groups excluding carboxylic acids is 1. The van der Waals surface area contributed by atoms with E-state index in [9.17, 15) is 4.79 Å². The van der Waals surface area contributed by atoms with Gasteiger partial charge in [0.2, 0.25) is 0 Å². The summed E-state index contributed by atoms with van der Waals surface area (Å²) >= 11 is 4.96. The topological polar surface area (TPSA) is 51.2 Å². The van der Waals surface area contributed by atoms with Gasteiger partial charge in [0.1, 0.15) is 17.4 Å². The summed E-state index contributed by atoms with van der Waals surface area (Å²) in [6.45, 7) is 2.39. The zero-order chi connectivity index (χ0) is 16.9. The van der Waals surface area contributed by atoms with Crippen molar-refractivity contribution in [1.82, 2.24) is 4.98 Å². The zero-order valence-electron chi connectivity index (χ0n) is 13.0. The fraction of sp³-hybridized carbons (Fsp3) is 0.111. The number of benzene rings is 2. The lowest BCUT2D eigenvalue weighted by molar-refractivity contribution is 0.102. The van der Waals surface area contributed by atoms with Gasteiger partial charge in [-0.3, -0.25) is 4.79 Å². The first kappa shape index (κ1) is 16.7. The molecular formula is C18H15BrN2O2S. The van der Waals surface area contributed by atoms with Gasteiger partial charge in [0, 0.05) is 26.8 Å². The third kappa shape index (κ3) is 4.43. The van der Waals surface area contributed by atoms with Crippen LogP contribution in [0.5, 0.6) is 5.75 Å². The molecule has 4 nitrogen and oxygen atoms in total. The Hall–Kier alpha value is -2.18.